The van der Waals surface area contributed by atoms with E-state index < -0.39 is 0 Å². The molecule has 0 aliphatic rings. The molecule has 22 heavy (non-hydrogen) atoms. The summed E-state index contributed by atoms with van der Waals surface area (Å²) in [4.78, 5) is 30.5. The van der Waals surface area contributed by atoms with E-state index in [1.54, 1.807) is 6.07 Å². The van der Waals surface area contributed by atoms with Gasteiger partial charge in [0.1, 0.15) is 0 Å². The highest BCUT2D eigenvalue weighted by molar-refractivity contribution is 8.00. The lowest BCUT2D eigenvalue weighted by Crippen LogP contribution is -2.15. The van der Waals surface area contributed by atoms with Crippen LogP contribution in [0.15, 0.2) is 51.4 Å². The van der Waals surface area contributed by atoms with Gasteiger partial charge in [-0.15, -0.1) is 11.8 Å². The molecule has 0 saturated carbocycles. The average molecular weight is 332 g/mol. The normalized spacial score (nSPS) is 9.95. The van der Waals surface area contributed by atoms with Crippen LogP contribution in [0.25, 0.3) is 0 Å². The van der Waals surface area contributed by atoms with Crippen LogP contribution in [0.5, 0.6) is 0 Å². The number of aromatic nitrogens is 2. The number of nitrogens with one attached hydrogen (secondary N) is 2. The third-order valence-electron chi connectivity index (χ3n) is 2.44. The molecule has 0 radical (unpaired) electrons. The van der Waals surface area contributed by atoms with Gasteiger partial charge in [0.15, 0.2) is 5.16 Å². The number of carbonyl (C=O) groups is 1. The van der Waals surface area contributed by atoms with Crippen LogP contribution >= 0.6 is 23.5 Å². The first-order valence-corrected chi connectivity index (χ1v) is 8.23. The van der Waals surface area contributed by atoms with Gasteiger partial charge < -0.3 is 10.3 Å². The van der Waals surface area contributed by atoms with Crippen molar-refractivity contribution in [3.63, 3.8) is 0 Å². The number of hydrogen-bond acceptors (Lipinski definition) is 6. The summed E-state index contributed by atoms with van der Waals surface area (Å²) < 4.78 is 0. The Kier molecular flexibility index (Phi) is 6.06. The van der Waals surface area contributed by atoms with Crippen molar-refractivity contribution in [2.75, 3.05) is 16.8 Å². The molecule has 8 heteroatoms. The van der Waals surface area contributed by atoms with E-state index in [9.17, 15) is 9.59 Å². The SMILES string of the molecule is N#CCSc1ccccc1NC(=O)CSc1nccc(=O)[nH]1. The van der Waals surface area contributed by atoms with Crippen molar-refractivity contribution in [2.45, 2.75) is 10.1 Å². The fourth-order valence-electron chi connectivity index (χ4n) is 1.55. The van der Waals surface area contributed by atoms with Gasteiger partial charge in [0, 0.05) is 17.2 Å². The van der Waals surface area contributed by atoms with Crippen LogP contribution < -0.4 is 10.9 Å². The van der Waals surface area contributed by atoms with Crippen molar-refractivity contribution in [1.29, 1.82) is 5.26 Å². The van der Waals surface area contributed by atoms with Crippen molar-refractivity contribution in [1.82, 2.24) is 9.97 Å². The Morgan fingerprint density at radius 3 is 2.91 bits per heavy atom. The van der Waals surface area contributed by atoms with Crippen molar-refractivity contribution >= 4 is 35.1 Å². The van der Waals surface area contributed by atoms with E-state index in [4.69, 9.17) is 5.26 Å². The highest BCUT2D eigenvalue weighted by atomic mass is 32.2. The van der Waals surface area contributed by atoms with E-state index in [2.05, 4.69) is 21.4 Å². The first kappa shape index (κ1) is 16.1. The average Bonchev–Trinajstić information content (AvgIpc) is 2.52. The summed E-state index contributed by atoms with van der Waals surface area (Å²) in [6, 6.07) is 10.7. The number of thioether (sulfide) groups is 2. The minimum atomic E-state index is -0.254. The van der Waals surface area contributed by atoms with Gasteiger partial charge in [0.2, 0.25) is 5.91 Å². The molecule has 0 spiro atoms. The molecule has 0 aliphatic heterocycles. The Balaban J connectivity index is 1.95. The largest absolute Gasteiger partial charge is 0.324 e. The Morgan fingerprint density at radius 2 is 2.14 bits per heavy atom. The number of para-hydroxylation sites is 1. The number of hydrogen-bond donors (Lipinski definition) is 2. The van der Waals surface area contributed by atoms with Crippen LogP contribution in [0.3, 0.4) is 0 Å². The lowest BCUT2D eigenvalue weighted by Gasteiger charge is -2.09. The van der Waals surface area contributed by atoms with Crippen LogP contribution in [-0.2, 0) is 4.79 Å². The summed E-state index contributed by atoms with van der Waals surface area (Å²) in [5, 5.41) is 11.8. The molecule has 1 amide bonds. The van der Waals surface area contributed by atoms with Gasteiger partial charge in [0.25, 0.3) is 5.56 Å². The maximum atomic E-state index is 12.0. The number of amides is 1. The predicted octanol–water partition coefficient (Wildman–Crippen LogP) is 2.12. The molecule has 112 valence electrons. The molecule has 0 unspecified atom stereocenters. The second-order valence-electron chi connectivity index (χ2n) is 4.02. The van der Waals surface area contributed by atoms with Crippen LogP contribution in [0.1, 0.15) is 0 Å². The van der Waals surface area contributed by atoms with Crippen molar-refractivity contribution in [3.05, 3.63) is 46.9 Å². The molecule has 1 heterocycles. The molecule has 2 aromatic rings. The van der Waals surface area contributed by atoms with Gasteiger partial charge in [-0.2, -0.15) is 5.26 Å². The highest BCUT2D eigenvalue weighted by Gasteiger charge is 2.08. The molecule has 0 aliphatic carbocycles. The van der Waals surface area contributed by atoms with Crippen LogP contribution in [-0.4, -0.2) is 27.4 Å². The summed E-state index contributed by atoms with van der Waals surface area (Å²) in [6.07, 6.45) is 1.40. The standard InChI is InChI=1S/C14H12N4O2S2/c15-6-8-21-11-4-2-1-3-10(11)17-13(20)9-22-14-16-7-5-12(19)18-14/h1-5,7H,8-9H2,(H,17,20)(H,16,18,19). The Labute approximate surface area is 135 Å². The van der Waals surface area contributed by atoms with Crippen molar-refractivity contribution in [2.24, 2.45) is 0 Å². The summed E-state index contributed by atoms with van der Waals surface area (Å²) in [5.41, 5.74) is 0.416. The highest BCUT2D eigenvalue weighted by Crippen LogP contribution is 2.26. The van der Waals surface area contributed by atoms with Gasteiger partial charge in [-0.3, -0.25) is 9.59 Å². The number of carbonyl (C=O) groups excluding carboxylic acids is 1. The number of aromatic amines is 1. The fourth-order valence-corrected chi connectivity index (χ4v) is 2.87. The first-order chi connectivity index (χ1) is 10.7. The molecule has 2 rings (SSSR count). The quantitative estimate of drug-likeness (QED) is 0.621. The van der Waals surface area contributed by atoms with Gasteiger partial charge in [-0.1, -0.05) is 23.9 Å². The Morgan fingerprint density at radius 1 is 1.32 bits per heavy atom. The fraction of sp³-hybridized carbons (Fsp3) is 0.143. The molecule has 2 N–H and O–H groups in total. The number of nitriles is 1. The monoisotopic (exact) mass is 332 g/mol. The maximum Gasteiger partial charge on any atom is 0.251 e. The molecule has 1 aromatic heterocycles. The Bertz CT molecular complexity index is 755. The third-order valence-corrected chi connectivity index (χ3v) is 4.27. The molecule has 0 bridgehead atoms. The number of anilines is 1. The number of nitrogens with zero attached hydrogens (tertiary/aromatic N) is 2. The summed E-state index contributed by atoms with van der Waals surface area (Å²) in [7, 11) is 0. The van der Waals surface area contributed by atoms with E-state index in [0.29, 0.717) is 16.6 Å². The van der Waals surface area contributed by atoms with E-state index in [-0.39, 0.29) is 17.2 Å². The van der Waals surface area contributed by atoms with E-state index in [1.165, 1.54) is 24.0 Å². The lowest BCUT2D eigenvalue weighted by atomic mass is 10.3. The second-order valence-corrected chi connectivity index (χ2v) is 6.00. The van der Waals surface area contributed by atoms with E-state index >= 15 is 0 Å². The molecule has 1 aromatic carbocycles. The van der Waals surface area contributed by atoms with Gasteiger partial charge in [-0.25, -0.2) is 4.98 Å². The molecule has 0 atom stereocenters. The molecule has 0 saturated heterocycles. The maximum absolute atomic E-state index is 12.0. The van der Waals surface area contributed by atoms with E-state index in [0.717, 1.165) is 16.7 Å². The summed E-state index contributed by atoms with van der Waals surface area (Å²) >= 11 is 2.51. The third kappa shape index (κ3) is 4.95. The molecular weight excluding hydrogens is 320 g/mol. The number of H-pyrrole nitrogens is 1. The minimum Gasteiger partial charge on any atom is -0.324 e. The number of rotatable bonds is 6. The first-order valence-electron chi connectivity index (χ1n) is 6.26. The lowest BCUT2D eigenvalue weighted by molar-refractivity contribution is -0.113. The molecule has 0 fully saturated rings. The van der Waals surface area contributed by atoms with Crippen molar-refractivity contribution < 1.29 is 4.79 Å². The van der Waals surface area contributed by atoms with Gasteiger partial charge in [0.05, 0.1) is 23.3 Å². The zero-order valence-electron chi connectivity index (χ0n) is 11.4. The summed E-state index contributed by atoms with van der Waals surface area (Å²) in [5.74, 6) is 0.239. The zero-order chi connectivity index (χ0) is 15.8. The predicted molar refractivity (Wildman–Crippen MR) is 87.0 cm³/mol. The minimum absolute atomic E-state index is 0.129. The summed E-state index contributed by atoms with van der Waals surface area (Å²) in [6.45, 7) is 0. The molecule has 6 nitrogen and oxygen atoms in total. The Hall–Kier alpha value is -2.24. The topological polar surface area (TPSA) is 98.6 Å². The van der Waals surface area contributed by atoms with E-state index in [1.807, 2.05) is 18.2 Å². The van der Waals surface area contributed by atoms with Crippen molar-refractivity contribution in [3.8, 4) is 6.07 Å². The smallest absolute Gasteiger partial charge is 0.251 e. The van der Waals surface area contributed by atoms with Crippen LogP contribution in [0.2, 0.25) is 0 Å². The molecular formula is C14H12N4O2S2. The van der Waals surface area contributed by atoms with Gasteiger partial charge >= 0.3 is 0 Å². The second kappa shape index (κ2) is 8.26. The van der Waals surface area contributed by atoms with Crippen LogP contribution in [0, 0.1) is 11.3 Å². The van der Waals surface area contributed by atoms with Gasteiger partial charge in [-0.05, 0) is 12.1 Å². The van der Waals surface area contributed by atoms with Crippen LogP contribution in [0.4, 0.5) is 5.69 Å². The zero-order valence-corrected chi connectivity index (χ0v) is 13.0. The number of benzene rings is 1.